The monoisotopic (exact) mass is 659 g/mol. The van der Waals surface area contributed by atoms with E-state index in [4.69, 9.17) is 14.3 Å². The average Bonchev–Trinajstić information content (AvgIpc) is 3.54. The van der Waals surface area contributed by atoms with E-state index in [1.807, 2.05) is 12.1 Å². The Balaban J connectivity index is 1.26. The van der Waals surface area contributed by atoms with Gasteiger partial charge in [0, 0.05) is 72.6 Å². The Hall–Kier alpha value is -4.20. The van der Waals surface area contributed by atoms with Crippen LogP contribution in [0.3, 0.4) is 0 Å². The summed E-state index contributed by atoms with van der Waals surface area (Å²) in [4.78, 5) is 35.7. The van der Waals surface area contributed by atoms with Crippen molar-refractivity contribution in [2.45, 2.75) is 18.2 Å². The molecule has 5 rings (SSSR count). The second-order valence-electron chi connectivity index (χ2n) is 11.4. The van der Waals surface area contributed by atoms with Crippen LogP contribution < -0.4 is 5.32 Å². The van der Waals surface area contributed by atoms with E-state index in [1.165, 1.54) is 12.5 Å². The molecule has 0 saturated carbocycles. The summed E-state index contributed by atoms with van der Waals surface area (Å²) in [6.45, 7) is 8.01. The molecular formula is C35H41N5O6S. The molecule has 2 N–H and O–H groups in total. The highest BCUT2D eigenvalue weighted by molar-refractivity contribution is 7.94. The van der Waals surface area contributed by atoms with Gasteiger partial charge < -0.3 is 24.5 Å². The van der Waals surface area contributed by atoms with Crippen molar-refractivity contribution < 1.29 is 28.1 Å². The molecule has 248 valence electrons. The van der Waals surface area contributed by atoms with E-state index in [1.54, 1.807) is 67.7 Å². The van der Waals surface area contributed by atoms with Crippen LogP contribution in [0.1, 0.15) is 32.9 Å². The predicted molar refractivity (Wildman–Crippen MR) is 181 cm³/mol. The Morgan fingerprint density at radius 2 is 1.72 bits per heavy atom. The first-order valence-electron chi connectivity index (χ1n) is 15.7. The van der Waals surface area contributed by atoms with Crippen molar-refractivity contribution in [2.24, 2.45) is 4.36 Å². The van der Waals surface area contributed by atoms with Gasteiger partial charge in [-0.3, -0.25) is 19.5 Å². The normalized spacial score (nSPS) is 15.2. The molecule has 2 aromatic carbocycles. The number of rotatable bonds is 14. The summed E-state index contributed by atoms with van der Waals surface area (Å²) in [5.41, 5.74) is 2.92. The SMILES string of the molecule is Cc1ccoc1C(=O)Nc1cccc(-c2cncc(C(=O)N=[S@](=O)(CCCN3CCN(CCOCCO)CC3)c3ccccc3)c2)c1. The molecule has 3 heterocycles. The Morgan fingerprint density at radius 1 is 0.957 bits per heavy atom. The van der Waals surface area contributed by atoms with Crippen molar-refractivity contribution in [1.82, 2.24) is 14.8 Å². The van der Waals surface area contributed by atoms with Gasteiger partial charge in [-0.15, -0.1) is 0 Å². The van der Waals surface area contributed by atoms with Gasteiger partial charge in [0.2, 0.25) is 0 Å². The fourth-order valence-electron chi connectivity index (χ4n) is 5.40. The summed E-state index contributed by atoms with van der Waals surface area (Å²) < 4.78 is 29.4. The number of amides is 2. The maximum atomic E-state index is 14.3. The van der Waals surface area contributed by atoms with E-state index < -0.39 is 15.6 Å². The number of piperazine rings is 1. The number of aromatic nitrogens is 1. The van der Waals surface area contributed by atoms with Crippen LogP contribution in [-0.4, -0.2) is 101 Å². The number of hydrogen-bond acceptors (Lipinski definition) is 9. The number of aliphatic hydroxyl groups excluding tert-OH is 1. The van der Waals surface area contributed by atoms with Crippen LogP contribution in [0, 0.1) is 6.92 Å². The van der Waals surface area contributed by atoms with E-state index in [9.17, 15) is 13.8 Å². The first-order valence-corrected chi connectivity index (χ1v) is 17.4. The summed E-state index contributed by atoms with van der Waals surface area (Å²) >= 11 is 0. The Kier molecular flexibility index (Phi) is 12.0. The zero-order valence-electron chi connectivity index (χ0n) is 26.5. The number of benzene rings is 2. The standard InChI is InChI=1S/C35H41N5O6S/c1-27-11-19-46-33(27)35(43)37-31-8-5-7-28(24-31)29-23-30(26-36-25-29)34(42)38-47(44,32-9-3-2-4-10-32)22-6-12-39-13-15-40(16-14-39)17-20-45-21-18-41/h2-5,7-11,19,23-26,41H,6,12-18,20-22H2,1H3,(H,37,43)/t47-/m0/s1. The summed E-state index contributed by atoms with van der Waals surface area (Å²) in [5, 5.41) is 11.7. The molecule has 1 fully saturated rings. The van der Waals surface area contributed by atoms with Gasteiger partial charge in [-0.05, 0) is 61.9 Å². The Bertz CT molecular complexity index is 1760. The number of carbonyl (C=O) groups is 2. The lowest BCUT2D eigenvalue weighted by atomic mass is 10.1. The highest BCUT2D eigenvalue weighted by atomic mass is 32.2. The molecule has 0 unspecified atom stereocenters. The Morgan fingerprint density at radius 3 is 2.45 bits per heavy atom. The first-order chi connectivity index (χ1) is 22.8. The summed E-state index contributed by atoms with van der Waals surface area (Å²) in [6, 6.07) is 19.6. The molecule has 4 aromatic rings. The number of nitrogens with one attached hydrogen (secondary N) is 1. The van der Waals surface area contributed by atoms with Crippen LogP contribution in [0.2, 0.25) is 0 Å². The number of aryl methyl sites for hydroxylation is 1. The van der Waals surface area contributed by atoms with Gasteiger partial charge >= 0.3 is 0 Å². The molecule has 1 saturated heterocycles. The molecule has 12 heteroatoms. The number of anilines is 1. The fraction of sp³-hybridized carbons (Fsp3) is 0.343. The second kappa shape index (κ2) is 16.6. The summed E-state index contributed by atoms with van der Waals surface area (Å²) in [5.74, 6) is -0.457. The maximum absolute atomic E-state index is 14.3. The smallest absolute Gasteiger partial charge is 0.291 e. The molecule has 1 aliphatic rings. The predicted octanol–water partition coefficient (Wildman–Crippen LogP) is 4.59. The summed E-state index contributed by atoms with van der Waals surface area (Å²) in [7, 11) is -3.05. The van der Waals surface area contributed by atoms with Crippen LogP contribution >= 0.6 is 0 Å². The van der Waals surface area contributed by atoms with Gasteiger partial charge in [0.25, 0.3) is 11.8 Å². The molecule has 1 atom stereocenters. The topological polar surface area (TPSA) is 138 Å². The van der Waals surface area contributed by atoms with E-state index in [0.717, 1.165) is 50.4 Å². The van der Waals surface area contributed by atoms with Gasteiger partial charge in [-0.1, -0.05) is 30.3 Å². The van der Waals surface area contributed by atoms with Crippen molar-refractivity contribution in [3.8, 4) is 11.1 Å². The maximum Gasteiger partial charge on any atom is 0.291 e. The van der Waals surface area contributed by atoms with Crippen LogP contribution in [0.25, 0.3) is 11.1 Å². The van der Waals surface area contributed by atoms with E-state index in [0.29, 0.717) is 35.8 Å². The third kappa shape index (κ3) is 9.43. The molecule has 0 bridgehead atoms. The van der Waals surface area contributed by atoms with Crippen molar-refractivity contribution in [2.75, 3.05) is 70.2 Å². The van der Waals surface area contributed by atoms with Gasteiger partial charge in [0.1, 0.15) is 0 Å². The lowest BCUT2D eigenvalue weighted by molar-refractivity contribution is 0.0577. The number of ether oxygens (including phenoxy) is 1. The minimum absolute atomic E-state index is 0.0332. The number of hydrogen-bond donors (Lipinski definition) is 2. The van der Waals surface area contributed by atoms with Crippen LogP contribution in [0.4, 0.5) is 5.69 Å². The molecule has 0 spiro atoms. The molecular weight excluding hydrogens is 618 g/mol. The molecule has 2 amide bonds. The molecule has 1 aliphatic heterocycles. The minimum atomic E-state index is -3.05. The van der Waals surface area contributed by atoms with Crippen LogP contribution in [-0.2, 0) is 14.5 Å². The lowest BCUT2D eigenvalue weighted by Crippen LogP contribution is -2.47. The zero-order chi connectivity index (χ0) is 33.1. The highest BCUT2D eigenvalue weighted by Gasteiger charge is 2.20. The highest BCUT2D eigenvalue weighted by Crippen LogP contribution is 2.25. The van der Waals surface area contributed by atoms with Gasteiger partial charge in [0.05, 0.1) is 41.4 Å². The number of pyridine rings is 1. The first kappa shape index (κ1) is 34.1. The van der Waals surface area contributed by atoms with Crippen LogP contribution in [0.15, 0.2) is 99.1 Å². The largest absolute Gasteiger partial charge is 0.459 e. The van der Waals surface area contributed by atoms with E-state index in [2.05, 4.69) is 24.5 Å². The summed E-state index contributed by atoms with van der Waals surface area (Å²) in [6.07, 6.45) is 5.15. The third-order valence-electron chi connectivity index (χ3n) is 8.00. The lowest BCUT2D eigenvalue weighted by Gasteiger charge is -2.34. The number of aliphatic hydroxyl groups is 1. The third-order valence-corrected chi connectivity index (χ3v) is 10.3. The van der Waals surface area contributed by atoms with Gasteiger partial charge in [-0.25, -0.2) is 4.21 Å². The molecule has 47 heavy (non-hydrogen) atoms. The number of nitrogens with zero attached hydrogens (tertiary/aromatic N) is 4. The van der Waals surface area contributed by atoms with E-state index >= 15 is 0 Å². The van der Waals surface area contributed by atoms with Crippen molar-refractivity contribution in [1.29, 1.82) is 0 Å². The second-order valence-corrected chi connectivity index (χ2v) is 13.7. The zero-order valence-corrected chi connectivity index (χ0v) is 27.4. The van der Waals surface area contributed by atoms with Crippen molar-refractivity contribution in [3.63, 3.8) is 0 Å². The fourth-order valence-corrected chi connectivity index (χ4v) is 7.31. The quantitative estimate of drug-likeness (QED) is 0.186. The minimum Gasteiger partial charge on any atom is -0.459 e. The van der Waals surface area contributed by atoms with Gasteiger partial charge in [-0.2, -0.15) is 4.36 Å². The molecule has 0 aliphatic carbocycles. The van der Waals surface area contributed by atoms with Crippen molar-refractivity contribution >= 4 is 27.2 Å². The van der Waals surface area contributed by atoms with Crippen molar-refractivity contribution in [3.05, 3.63) is 102 Å². The molecule has 11 nitrogen and oxygen atoms in total. The molecule has 0 radical (unpaired) electrons. The number of carbonyl (C=O) groups excluding carboxylic acids is 2. The number of furan rings is 1. The van der Waals surface area contributed by atoms with E-state index in [-0.39, 0.29) is 29.6 Å². The molecule has 2 aromatic heterocycles. The van der Waals surface area contributed by atoms with Gasteiger partial charge in [0.15, 0.2) is 5.76 Å². The Labute approximate surface area is 275 Å². The van der Waals surface area contributed by atoms with Crippen LogP contribution in [0.5, 0.6) is 0 Å². The average molecular weight is 660 g/mol.